The molecule has 0 aliphatic carbocycles. The molecule has 0 aromatic rings. The van der Waals surface area contributed by atoms with Crippen molar-refractivity contribution in [2.45, 2.75) is 190 Å². The minimum atomic E-state index is -2.44. The van der Waals surface area contributed by atoms with Crippen LogP contribution in [0.3, 0.4) is 0 Å². The normalized spacial score (nSPS) is 29.2. The molecule has 406 valence electrons. The van der Waals surface area contributed by atoms with Gasteiger partial charge in [-0.25, -0.2) is 9.59 Å². The van der Waals surface area contributed by atoms with Gasteiger partial charge in [-0.05, 0) is 47.0 Å². The number of carbonyl (C=O) groups is 4. The van der Waals surface area contributed by atoms with Gasteiger partial charge in [0.2, 0.25) is 0 Å². The second-order valence-corrected chi connectivity index (χ2v) is 18.4. The van der Waals surface area contributed by atoms with Gasteiger partial charge in [-0.1, -0.05) is 75.6 Å². The van der Waals surface area contributed by atoms with Crippen LogP contribution in [0.2, 0.25) is 0 Å². The highest BCUT2D eigenvalue weighted by atomic mass is 16.7. The van der Waals surface area contributed by atoms with E-state index in [1.54, 1.807) is 13.8 Å². The second kappa shape index (κ2) is 31.3. The van der Waals surface area contributed by atoms with Gasteiger partial charge in [-0.15, -0.1) is 0 Å². The quantitative estimate of drug-likeness (QED) is 0.0211. The third-order valence-corrected chi connectivity index (χ3v) is 12.3. The van der Waals surface area contributed by atoms with E-state index in [1.165, 1.54) is 26.0 Å². The lowest BCUT2D eigenvalue weighted by molar-refractivity contribution is -0.311. The first kappa shape index (κ1) is 62.8. The molecule has 71 heavy (non-hydrogen) atoms. The van der Waals surface area contributed by atoms with Gasteiger partial charge in [0, 0.05) is 37.5 Å². The van der Waals surface area contributed by atoms with Crippen LogP contribution in [-0.4, -0.2) is 186 Å². The Morgan fingerprint density at radius 2 is 1.49 bits per heavy atom. The molecule has 0 spiro atoms. The van der Waals surface area contributed by atoms with Crippen LogP contribution < -0.4 is 5.32 Å². The zero-order valence-corrected chi connectivity index (χ0v) is 41.5. The number of rotatable bonds is 30. The maximum Gasteiger partial charge on any atom is 0.508 e. The minimum absolute atomic E-state index is 0.149. The molecule has 22 nitrogen and oxygen atoms in total. The molecule has 11 N–H and O–H groups in total. The molecule has 2 rings (SSSR count). The Hall–Kier alpha value is -4.30. The first-order valence-corrected chi connectivity index (χ1v) is 23.9. The highest BCUT2D eigenvalue weighted by Gasteiger charge is 2.53. The van der Waals surface area contributed by atoms with Gasteiger partial charge in [0.25, 0.3) is 0 Å². The molecule has 0 bridgehead atoms. The fourth-order valence-corrected chi connectivity index (χ4v) is 8.23. The first-order chi connectivity index (χ1) is 33.4. The van der Waals surface area contributed by atoms with Crippen LogP contribution in [0.15, 0.2) is 61.8 Å². The largest absolute Gasteiger partial charge is 0.508 e. The zero-order valence-electron chi connectivity index (χ0n) is 41.5. The summed E-state index contributed by atoms with van der Waals surface area (Å²) in [7, 11) is 0. The molecule has 2 heterocycles. The van der Waals surface area contributed by atoms with E-state index in [9.17, 15) is 70.2 Å². The Morgan fingerprint density at radius 3 is 2.13 bits per heavy atom. The molecule has 0 saturated carbocycles. The van der Waals surface area contributed by atoms with Crippen LogP contribution in [0.5, 0.6) is 0 Å². The number of carboxylic acid groups (broad SMARTS) is 1. The molecular weight excluding hydrogens is 939 g/mol. The number of esters is 1. The van der Waals surface area contributed by atoms with E-state index in [-0.39, 0.29) is 44.8 Å². The first-order valence-electron chi connectivity index (χ1n) is 23.9. The standard InChI is InChI=1S/C49H79NO21/c1-9-12-13-14-15-16-27(4)42(57)29(6)30(7)68-39(56)24-33(52)22-32(51)17-18-35(54)36(55)23-34(53)25-49(64)26-38(70-48(63)66-20-11-3)40(45(60)61)37(71-49)21-28(5)67-46-44(59)41(43(58)31(8)69-46)50-47(62)65-19-10-2/h9-16,27-38,40-44,46,51-55,57-59,64H,2-3,17-26H2,1,4-8H3,(H,50,62)(H,60,61)/b12-9+,14-13+,16-15+. The summed E-state index contributed by atoms with van der Waals surface area (Å²) >= 11 is 0. The van der Waals surface area contributed by atoms with E-state index in [0.717, 1.165) is 0 Å². The second-order valence-electron chi connectivity index (χ2n) is 18.4. The van der Waals surface area contributed by atoms with Crippen molar-refractivity contribution in [2.24, 2.45) is 17.8 Å². The molecule has 0 aromatic carbocycles. The van der Waals surface area contributed by atoms with Crippen molar-refractivity contribution in [3.05, 3.63) is 61.8 Å². The monoisotopic (exact) mass is 1020 g/mol. The Morgan fingerprint density at radius 1 is 0.845 bits per heavy atom. The van der Waals surface area contributed by atoms with E-state index < -0.39 is 159 Å². The number of carbonyl (C=O) groups excluding carboxylic acids is 3. The van der Waals surface area contributed by atoms with E-state index in [2.05, 4.69) is 18.5 Å². The van der Waals surface area contributed by atoms with Gasteiger partial charge in [-0.3, -0.25) is 9.59 Å². The molecule has 1 amide bonds. The van der Waals surface area contributed by atoms with Crippen molar-refractivity contribution in [1.82, 2.24) is 5.32 Å². The summed E-state index contributed by atoms with van der Waals surface area (Å²) in [5, 5.41) is 111. The third-order valence-electron chi connectivity index (χ3n) is 12.3. The number of aliphatic hydroxyl groups is 9. The van der Waals surface area contributed by atoms with Gasteiger partial charge in [0.05, 0.1) is 67.4 Å². The molecule has 0 radical (unpaired) electrons. The summed E-state index contributed by atoms with van der Waals surface area (Å²) in [6, 6.07) is -1.34. The number of aliphatic hydroxyl groups excluding tert-OH is 8. The van der Waals surface area contributed by atoms with Gasteiger partial charge in [0.1, 0.15) is 43.5 Å². The molecule has 2 aliphatic heterocycles. The molecule has 19 unspecified atom stereocenters. The van der Waals surface area contributed by atoms with Gasteiger partial charge in [0.15, 0.2) is 12.1 Å². The molecule has 22 heteroatoms. The van der Waals surface area contributed by atoms with E-state index in [4.69, 9.17) is 33.2 Å². The average Bonchev–Trinajstić information content (AvgIpc) is 3.28. The summed E-state index contributed by atoms with van der Waals surface area (Å²) in [6.45, 7) is 16.4. The van der Waals surface area contributed by atoms with Crippen molar-refractivity contribution in [3.63, 3.8) is 0 Å². The number of hydrogen-bond acceptors (Lipinski definition) is 20. The Labute approximate surface area is 415 Å². The smallest absolute Gasteiger partial charge is 0.481 e. The number of allylic oxidation sites excluding steroid dienone is 5. The van der Waals surface area contributed by atoms with Crippen LogP contribution in [-0.2, 0) is 42.7 Å². The molecular formula is C49H79NO21. The van der Waals surface area contributed by atoms with Gasteiger partial charge in [-0.2, -0.15) is 0 Å². The fraction of sp³-hybridized carbons (Fsp3) is 0.714. The summed E-state index contributed by atoms with van der Waals surface area (Å²) in [5.41, 5.74) is 0. The molecule has 19 atom stereocenters. The van der Waals surface area contributed by atoms with E-state index >= 15 is 0 Å². The lowest BCUT2D eigenvalue weighted by Crippen LogP contribution is -2.64. The Balaban J connectivity index is 2.06. The maximum atomic E-state index is 12.7. The Kier molecular flexibility index (Phi) is 27.7. The lowest BCUT2D eigenvalue weighted by atomic mass is 9.82. The van der Waals surface area contributed by atoms with Crippen LogP contribution in [0.4, 0.5) is 9.59 Å². The summed E-state index contributed by atoms with van der Waals surface area (Å²) in [6.07, 6.45) is -10.9. The van der Waals surface area contributed by atoms with Gasteiger partial charge >= 0.3 is 24.2 Å². The van der Waals surface area contributed by atoms with Crippen LogP contribution in [0, 0.1) is 17.8 Å². The van der Waals surface area contributed by atoms with E-state index in [1.807, 2.05) is 50.3 Å². The third kappa shape index (κ3) is 21.8. The summed E-state index contributed by atoms with van der Waals surface area (Å²) in [5.74, 6) is -7.08. The SMILES string of the molecule is C=CCOC(=O)NC1C(O)C(C)OC(OC(C)CC2OC(O)(CC(O)CC(O)C(O)CCC(O)CC(O)CC(=O)OC(C)C(C)C(O)C(C)/C=C/C=C/C=C/C)CC(OC(=O)OCC=C)C2C(=O)O)C1O. The highest BCUT2D eigenvalue weighted by molar-refractivity contribution is 5.72. The maximum absolute atomic E-state index is 12.7. The topological polar surface area (TPSA) is 347 Å². The predicted molar refractivity (Wildman–Crippen MR) is 253 cm³/mol. The number of aliphatic carboxylic acids is 1. The fourth-order valence-electron chi connectivity index (χ4n) is 8.23. The lowest BCUT2D eigenvalue weighted by Gasteiger charge is -2.46. The van der Waals surface area contributed by atoms with Crippen LogP contribution in [0.25, 0.3) is 0 Å². The number of hydrogen-bond donors (Lipinski definition) is 11. The molecule has 0 aromatic heterocycles. The minimum Gasteiger partial charge on any atom is -0.481 e. The van der Waals surface area contributed by atoms with Crippen molar-refractivity contribution in [2.75, 3.05) is 13.2 Å². The molecule has 2 aliphatic rings. The zero-order chi connectivity index (χ0) is 53.6. The number of carboxylic acids is 1. The number of amides is 1. The van der Waals surface area contributed by atoms with E-state index in [0.29, 0.717) is 0 Å². The number of ether oxygens (including phenoxy) is 7. The van der Waals surface area contributed by atoms with Crippen molar-refractivity contribution in [3.8, 4) is 0 Å². The van der Waals surface area contributed by atoms with Crippen molar-refractivity contribution < 1.29 is 103 Å². The number of alkyl carbamates (subject to hydrolysis) is 1. The summed E-state index contributed by atoms with van der Waals surface area (Å²) < 4.78 is 38.0. The van der Waals surface area contributed by atoms with Crippen molar-refractivity contribution >= 4 is 24.2 Å². The van der Waals surface area contributed by atoms with Crippen molar-refractivity contribution in [1.29, 1.82) is 0 Å². The molecule has 2 fully saturated rings. The number of nitrogens with one attached hydrogen (secondary N) is 1. The van der Waals surface area contributed by atoms with Crippen LogP contribution in [0.1, 0.15) is 92.9 Å². The molecule has 2 saturated heterocycles. The highest BCUT2D eigenvalue weighted by Crippen LogP contribution is 2.39. The summed E-state index contributed by atoms with van der Waals surface area (Å²) in [4.78, 5) is 50.2. The Bertz CT molecular complexity index is 1750. The van der Waals surface area contributed by atoms with Gasteiger partial charge < -0.3 is 89.5 Å². The average molecular weight is 1020 g/mol. The van der Waals surface area contributed by atoms with Crippen LogP contribution >= 0.6 is 0 Å². The predicted octanol–water partition coefficient (Wildman–Crippen LogP) is 1.81.